The molecule has 0 aliphatic carbocycles. The van der Waals surface area contributed by atoms with Gasteiger partial charge in [-0.05, 0) is 30.7 Å². The first kappa shape index (κ1) is 18.4. The van der Waals surface area contributed by atoms with E-state index < -0.39 is 0 Å². The van der Waals surface area contributed by atoms with E-state index in [0.29, 0.717) is 23.8 Å². The van der Waals surface area contributed by atoms with Gasteiger partial charge >= 0.3 is 0 Å². The Balaban J connectivity index is 1.68. The summed E-state index contributed by atoms with van der Waals surface area (Å²) < 4.78 is 5.92. The van der Waals surface area contributed by atoms with Crippen LogP contribution in [0.25, 0.3) is 0 Å². The maximum Gasteiger partial charge on any atom is 0.254 e. The van der Waals surface area contributed by atoms with Crippen LogP contribution in [0.1, 0.15) is 30.1 Å². The number of hydrogen-bond donors (Lipinski definition) is 2. The molecule has 6 nitrogen and oxygen atoms in total. The molecule has 27 heavy (non-hydrogen) atoms. The zero-order valence-electron chi connectivity index (χ0n) is 15.2. The van der Waals surface area contributed by atoms with Crippen molar-refractivity contribution < 1.29 is 9.53 Å². The maximum atomic E-state index is 12.0. The summed E-state index contributed by atoms with van der Waals surface area (Å²) in [5.74, 6) is 1.63. The molecule has 2 N–H and O–H groups in total. The predicted molar refractivity (Wildman–Crippen MR) is 106 cm³/mol. The number of amides is 1. The molecule has 0 aliphatic heterocycles. The molecule has 3 rings (SSSR count). The average molecular weight is 362 g/mol. The van der Waals surface area contributed by atoms with E-state index in [1.807, 2.05) is 54.6 Å². The number of aromatic nitrogens is 2. The zero-order valence-corrected chi connectivity index (χ0v) is 15.2. The monoisotopic (exact) mass is 362 g/mol. The fourth-order valence-electron chi connectivity index (χ4n) is 2.39. The Morgan fingerprint density at radius 3 is 2.44 bits per heavy atom. The second kappa shape index (κ2) is 9.33. The molecule has 0 spiro atoms. The smallest absolute Gasteiger partial charge is 0.254 e. The molecule has 0 saturated heterocycles. The van der Waals surface area contributed by atoms with Crippen LogP contribution < -0.4 is 15.4 Å². The number of nitrogens with zero attached hydrogens (tertiary/aromatic N) is 2. The Kier molecular flexibility index (Phi) is 6.35. The van der Waals surface area contributed by atoms with E-state index in [1.165, 1.54) is 12.4 Å². The molecule has 2 aromatic carbocycles. The lowest BCUT2D eigenvalue weighted by molar-refractivity contribution is 0.0952. The third kappa shape index (κ3) is 5.28. The van der Waals surface area contributed by atoms with Gasteiger partial charge in [-0.2, -0.15) is 0 Å². The van der Waals surface area contributed by atoms with Crippen LogP contribution in [-0.2, 0) is 0 Å². The second-order valence-electron chi connectivity index (χ2n) is 5.94. The summed E-state index contributed by atoms with van der Waals surface area (Å²) in [5, 5.41) is 5.98. The number of carbonyl (C=O) groups is 1. The third-order valence-corrected chi connectivity index (χ3v) is 3.83. The van der Waals surface area contributed by atoms with Gasteiger partial charge in [-0.3, -0.25) is 4.79 Å². The Morgan fingerprint density at radius 2 is 1.70 bits per heavy atom. The number of nitrogens with one attached hydrogen (secondary N) is 2. The normalized spacial score (nSPS) is 10.3. The lowest BCUT2D eigenvalue weighted by Crippen LogP contribution is -2.24. The number of rotatable bonds is 8. The van der Waals surface area contributed by atoms with E-state index in [-0.39, 0.29) is 5.91 Å². The first-order valence-electron chi connectivity index (χ1n) is 8.95. The van der Waals surface area contributed by atoms with Gasteiger partial charge in [0, 0.05) is 18.9 Å². The lowest BCUT2D eigenvalue weighted by atomic mass is 10.3. The summed E-state index contributed by atoms with van der Waals surface area (Å²) >= 11 is 0. The van der Waals surface area contributed by atoms with E-state index in [1.54, 1.807) is 0 Å². The summed E-state index contributed by atoms with van der Waals surface area (Å²) in [7, 11) is 0. The molecule has 0 radical (unpaired) electrons. The molecule has 0 bridgehead atoms. The van der Waals surface area contributed by atoms with Crippen molar-refractivity contribution in [3.63, 3.8) is 0 Å². The van der Waals surface area contributed by atoms with Crippen molar-refractivity contribution in [3.8, 4) is 11.5 Å². The first-order valence-corrected chi connectivity index (χ1v) is 8.95. The number of ether oxygens (including phenoxy) is 1. The number of anilines is 2. The molecule has 6 heteroatoms. The van der Waals surface area contributed by atoms with Crippen LogP contribution in [0.3, 0.4) is 0 Å². The van der Waals surface area contributed by atoms with E-state index in [4.69, 9.17) is 4.74 Å². The van der Waals surface area contributed by atoms with Gasteiger partial charge in [0.05, 0.1) is 11.3 Å². The van der Waals surface area contributed by atoms with Crippen LogP contribution in [0.4, 0.5) is 11.6 Å². The van der Waals surface area contributed by atoms with Crippen molar-refractivity contribution >= 4 is 17.5 Å². The Morgan fingerprint density at radius 1 is 1.00 bits per heavy atom. The minimum atomic E-state index is -0.164. The molecule has 0 saturated carbocycles. The van der Waals surface area contributed by atoms with E-state index in [0.717, 1.165) is 24.3 Å². The number of para-hydroxylation sites is 3. The van der Waals surface area contributed by atoms with Crippen LogP contribution in [0.2, 0.25) is 0 Å². The lowest BCUT2D eigenvalue weighted by Gasteiger charge is -2.12. The summed E-state index contributed by atoms with van der Waals surface area (Å²) in [6, 6.07) is 17.1. The van der Waals surface area contributed by atoms with Gasteiger partial charge in [0.2, 0.25) is 5.95 Å². The molecule has 0 atom stereocenters. The van der Waals surface area contributed by atoms with Crippen LogP contribution in [0.15, 0.2) is 67.0 Å². The van der Waals surface area contributed by atoms with Gasteiger partial charge in [-0.15, -0.1) is 0 Å². The van der Waals surface area contributed by atoms with E-state index in [2.05, 4.69) is 27.5 Å². The molecule has 1 heterocycles. The summed E-state index contributed by atoms with van der Waals surface area (Å²) in [6.45, 7) is 2.73. The molecule has 3 aromatic rings. The number of unbranched alkanes of at least 4 members (excludes halogenated alkanes) is 1. The van der Waals surface area contributed by atoms with Gasteiger partial charge in [-0.25, -0.2) is 9.97 Å². The van der Waals surface area contributed by atoms with Crippen LogP contribution in [-0.4, -0.2) is 22.4 Å². The Hall–Kier alpha value is -3.41. The van der Waals surface area contributed by atoms with Crippen LogP contribution in [0.5, 0.6) is 11.5 Å². The van der Waals surface area contributed by atoms with Gasteiger partial charge in [-0.1, -0.05) is 43.7 Å². The highest BCUT2D eigenvalue weighted by Gasteiger charge is 2.09. The average Bonchev–Trinajstić information content (AvgIpc) is 2.71. The SMILES string of the molecule is CCCCNC(=O)c1cnc(Nc2ccccc2Oc2ccccc2)nc1. The number of benzene rings is 2. The fourth-order valence-corrected chi connectivity index (χ4v) is 2.39. The molecule has 1 amide bonds. The largest absolute Gasteiger partial charge is 0.455 e. The predicted octanol–water partition coefficient (Wildman–Crippen LogP) is 4.54. The molecular weight excluding hydrogens is 340 g/mol. The summed E-state index contributed by atoms with van der Waals surface area (Å²) in [4.78, 5) is 20.5. The Labute approximate surface area is 158 Å². The number of hydrogen-bond acceptors (Lipinski definition) is 5. The standard InChI is InChI=1S/C21H22N4O2/c1-2-3-13-22-20(26)16-14-23-21(24-15-16)25-18-11-7-8-12-19(18)27-17-9-5-4-6-10-17/h4-12,14-15H,2-3,13H2,1H3,(H,22,26)(H,23,24,25). The summed E-state index contributed by atoms with van der Waals surface area (Å²) in [6.07, 6.45) is 5.00. The highest BCUT2D eigenvalue weighted by molar-refractivity contribution is 5.93. The van der Waals surface area contributed by atoms with Crippen LogP contribution in [0, 0.1) is 0 Å². The van der Waals surface area contributed by atoms with Crippen molar-refractivity contribution in [2.24, 2.45) is 0 Å². The van der Waals surface area contributed by atoms with Crippen molar-refractivity contribution in [1.82, 2.24) is 15.3 Å². The molecule has 0 unspecified atom stereocenters. The molecule has 138 valence electrons. The quantitative estimate of drug-likeness (QED) is 0.575. The van der Waals surface area contributed by atoms with Crippen LogP contribution >= 0.6 is 0 Å². The van der Waals surface area contributed by atoms with Crippen molar-refractivity contribution in [2.75, 3.05) is 11.9 Å². The topological polar surface area (TPSA) is 76.1 Å². The van der Waals surface area contributed by atoms with Gasteiger partial charge < -0.3 is 15.4 Å². The zero-order chi connectivity index (χ0) is 18.9. The van der Waals surface area contributed by atoms with Crippen molar-refractivity contribution in [1.29, 1.82) is 0 Å². The van der Waals surface area contributed by atoms with E-state index >= 15 is 0 Å². The second-order valence-corrected chi connectivity index (χ2v) is 5.94. The molecule has 0 aliphatic rings. The van der Waals surface area contributed by atoms with Gasteiger partial charge in [0.25, 0.3) is 5.91 Å². The highest BCUT2D eigenvalue weighted by Crippen LogP contribution is 2.30. The first-order chi connectivity index (χ1) is 13.3. The third-order valence-electron chi connectivity index (χ3n) is 3.83. The summed E-state index contributed by atoms with van der Waals surface area (Å²) in [5.41, 5.74) is 1.17. The van der Waals surface area contributed by atoms with Crippen molar-refractivity contribution in [2.45, 2.75) is 19.8 Å². The maximum absolute atomic E-state index is 12.0. The molecule has 0 fully saturated rings. The molecular formula is C21H22N4O2. The minimum Gasteiger partial charge on any atom is -0.455 e. The van der Waals surface area contributed by atoms with Gasteiger partial charge in [0.15, 0.2) is 5.75 Å². The van der Waals surface area contributed by atoms with E-state index in [9.17, 15) is 4.79 Å². The molecule has 1 aromatic heterocycles. The highest BCUT2D eigenvalue weighted by atomic mass is 16.5. The van der Waals surface area contributed by atoms with Crippen molar-refractivity contribution in [3.05, 3.63) is 72.6 Å². The number of carbonyl (C=O) groups excluding carboxylic acids is 1. The Bertz CT molecular complexity index is 867. The fraction of sp³-hybridized carbons (Fsp3) is 0.190. The van der Waals surface area contributed by atoms with Gasteiger partial charge in [0.1, 0.15) is 5.75 Å². The minimum absolute atomic E-state index is 0.164.